The number of benzene rings is 13. The van der Waals surface area contributed by atoms with Crippen molar-refractivity contribution in [1.82, 2.24) is 0 Å². The molecule has 0 saturated heterocycles. The van der Waals surface area contributed by atoms with Crippen LogP contribution in [0.15, 0.2) is 297 Å². The molecule has 0 heterocycles. The zero-order valence-corrected chi connectivity index (χ0v) is 68.6. The number of rotatable bonds is 15. The molecule has 15 rings (SSSR count). The molecule has 0 saturated carbocycles. The Bertz CT molecular complexity index is 5490. The predicted octanol–water partition coefficient (Wildman–Crippen LogP) is 29.8. The van der Waals surface area contributed by atoms with Gasteiger partial charge in [0, 0.05) is 34.0 Å². The minimum absolute atomic E-state index is 0.0114. The summed E-state index contributed by atoms with van der Waals surface area (Å²) in [5.41, 5.74) is 32.2. The van der Waals surface area contributed by atoms with Crippen molar-refractivity contribution in [2.45, 2.75) is 187 Å². The number of fused-ring (bicyclic) bond motifs is 10. The number of halogens is 1. The summed E-state index contributed by atoms with van der Waals surface area (Å²) in [6.07, 6.45) is 0. The summed E-state index contributed by atoms with van der Waals surface area (Å²) in [7, 11) is 0. The molecule has 0 fully saturated rings. The average Bonchev–Trinajstić information content (AvgIpc) is 1.50. The van der Waals surface area contributed by atoms with Crippen LogP contribution in [0.2, 0.25) is 0 Å². The van der Waals surface area contributed by atoms with Crippen molar-refractivity contribution in [3.05, 3.63) is 370 Å². The Kier molecular flexibility index (Phi) is 18.5. The van der Waals surface area contributed by atoms with E-state index >= 15 is 0 Å². The maximum atomic E-state index is 14.4. The van der Waals surface area contributed by atoms with Gasteiger partial charge in [0.1, 0.15) is 5.82 Å². The highest BCUT2D eigenvalue weighted by Gasteiger charge is 2.54. The van der Waals surface area contributed by atoms with Crippen LogP contribution in [0.3, 0.4) is 0 Å². The largest absolute Gasteiger partial charge is 0.311 e. The molecular formula is C107H109FN2. The van der Waals surface area contributed by atoms with Gasteiger partial charge in [0.25, 0.3) is 0 Å². The third kappa shape index (κ3) is 12.9. The molecule has 0 N–H and O–H groups in total. The average molecular weight is 1440 g/mol. The molecule has 110 heavy (non-hydrogen) atoms. The summed E-state index contributed by atoms with van der Waals surface area (Å²) < 4.78 is 14.4. The highest BCUT2D eigenvalue weighted by molar-refractivity contribution is 5.96. The van der Waals surface area contributed by atoms with Gasteiger partial charge in [-0.05, 0) is 245 Å². The highest BCUT2D eigenvalue weighted by Crippen LogP contribution is 2.65. The number of nitrogens with zero attached hydrogens (tertiary/aromatic N) is 2. The molecule has 0 amide bonds. The molecule has 2 aliphatic carbocycles. The minimum atomic E-state index is -0.538. The van der Waals surface area contributed by atoms with Crippen molar-refractivity contribution in [3.8, 4) is 55.6 Å². The lowest BCUT2D eigenvalue weighted by molar-refractivity contribution is 0.302. The van der Waals surface area contributed by atoms with Crippen molar-refractivity contribution in [3.63, 3.8) is 0 Å². The molecule has 0 aromatic heterocycles. The number of hydrogen-bond acceptors (Lipinski definition) is 2. The minimum Gasteiger partial charge on any atom is -0.311 e. The molecule has 13 aromatic carbocycles. The molecular weight excluding hydrogens is 1330 g/mol. The summed E-state index contributed by atoms with van der Waals surface area (Å²) in [6.45, 7) is 47.5. The van der Waals surface area contributed by atoms with E-state index in [9.17, 15) is 4.39 Å². The maximum Gasteiger partial charge on any atom is 0.123 e. The molecule has 0 unspecified atom stereocenters. The predicted molar refractivity (Wildman–Crippen MR) is 468 cm³/mol. The van der Waals surface area contributed by atoms with Crippen molar-refractivity contribution in [1.29, 1.82) is 0 Å². The van der Waals surface area contributed by atoms with Crippen LogP contribution in [0.1, 0.15) is 205 Å². The van der Waals surface area contributed by atoms with Crippen LogP contribution >= 0.6 is 0 Å². The van der Waals surface area contributed by atoms with Gasteiger partial charge in [-0.25, -0.2) is 4.39 Å². The first kappa shape index (κ1) is 74.8. The van der Waals surface area contributed by atoms with Gasteiger partial charge in [-0.15, -0.1) is 0 Å². The molecule has 1 spiro atoms. The smallest absolute Gasteiger partial charge is 0.123 e. The fourth-order valence-corrected chi connectivity index (χ4v) is 17.4. The zero-order chi connectivity index (χ0) is 78.0. The Morgan fingerprint density at radius 1 is 0.209 bits per heavy atom. The zero-order valence-electron chi connectivity index (χ0n) is 68.6. The van der Waals surface area contributed by atoms with Crippen molar-refractivity contribution in [2.24, 2.45) is 0 Å². The second-order valence-electron chi connectivity index (χ2n) is 37.7. The molecule has 0 radical (unpaired) electrons. The Hall–Kier alpha value is -10.6. The Labute approximate surface area is 656 Å². The van der Waals surface area contributed by atoms with Gasteiger partial charge in [-0.2, -0.15) is 0 Å². The van der Waals surface area contributed by atoms with Crippen LogP contribution < -0.4 is 9.80 Å². The standard InChI is InChI=1S/C107H109FN2/c1-99(2,3)75-37-51-85(52-38-75)109(84-49-34-71(35-50-84)73-32-27-33-83(108)64-73)86-53-39-76(40-54-86)103(13,14)104(15,16)77-41-55-87(56-42-77)110(98-63-36-74(70-28-23-21-24-29-70)65-93(98)72-30-25-22-26-31-72)88-57-43-78(44-58-88)105(17,18)106(19,20)82-48-62-92-91-61-47-81(102(10,11)12)68-96(91)107(97(92)69-82)94-66-79(100(4,5)6)45-59-89(94)90-60-46-80(67-95(90)107)101(7,8)9/h21-69H,1-20H3. The summed E-state index contributed by atoms with van der Waals surface area (Å²) in [6, 6.07) is 111. The lowest BCUT2D eigenvalue weighted by Crippen LogP contribution is -2.40. The van der Waals surface area contributed by atoms with Crippen LogP contribution in [-0.4, -0.2) is 0 Å². The van der Waals surface area contributed by atoms with Gasteiger partial charge in [-0.3, -0.25) is 0 Å². The molecule has 0 aliphatic heterocycles. The molecule has 13 aromatic rings. The SMILES string of the molecule is CC(C)(C)c1ccc(N(c2ccc(-c3cccc(F)c3)cc2)c2ccc(C(C)(C)C(C)(C)c3ccc(N(c4ccc(C(C)(C)C(C)(C)c5ccc6c(c5)C5(c7cc(C(C)(C)C)ccc7-c7ccc(C(C)(C)C)cc75)c5cc(C(C)(C)C)ccc5-6)cc4)c4ccc(-c5ccccc5)cc4-c4ccccc4)cc3)cc2)cc1. The Morgan fingerprint density at radius 2 is 0.491 bits per heavy atom. The van der Waals surface area contributed by atoms with Gasteiger partial charge in [0.2, 0.25) is 0 Å². The van der Waals surface area contributed by atoms with Crippen LogP contribution in [0.4, 0.5) is 38.5 Å². The Morgan fingerprint density at radius 3 is 0.864 bits per heavy atom. The lowest BCUT2D eigenvalue weighted by atomic mass is 9.60. The molecule has 0 atom stereocenters. The van der Waals surface area contributed by atoms with E-state index in [2.05, 4.69) is 421 Å². The molecule has 3 heteroatoms. The van der Waals surface area contributed by atoms with Gasteiger partial charge >= 0.3 is 0 Å². The normalized spacial score (nSPS) is 13.6. The Balaban J connectivity index is 0.802. The molecule has 0 bridgehead atoms. The second kappa shape index (κ2) is 27.2. The first-order chi connectivity index (χ1) is 52.0. The lowest BCUT2D eigenvalue weighted by Gasteiger charge is -2.44. The third-order valence-electron chi connectivity index (χ3n) is 26.0. The van der Waals surface area contributed by atoms with Crippen molar-refractivity contribution >= 4 is 34.1 Å². The summed E-state index contributed by atoms with van der Waals surface area (Å²) in [5.74, 6) is -0.243. The fourth-order valence-electron chi connectivity index (χ4n) is 17.4. The van der Waals surface area contributed by atoms with Crippen LogP contribution in [0, 0.1) is 5.82 Å². The van der Waals surface area contributed by atoms with Gasteiger partial charge < -0.3 is 9.80 Å². The fraction of sp³-hybridized carbons (Fsp3) is 0.271. The van der Waals surface area contributed by atoms with Gasteiger partial charge in [0.15, 0.2) is 0 Å². The summed E-state index contributed by atoms with van der Waals surface area (Å²) >= 11 is 0. The third-order valence-corrected chi connectivity index (χ3v) is 26.0. The highest BCUT2D eigenvalue weighted by atomic mass is 19.1. The van der Waals surface area contributed by atoms with E-state index in [1.165, 1.54) is 106 Å². The van der Waals surface area contributed by atoms with E-state index < -0.39 is 5.41 Å². The topological polar surface area (TPSA) is 6.48 Å². The van der Waals surface area contributed by atoms with Gasteiger partial charge in [0.05, 0.1) is 11.1 Å². The van der Waals surface area contributed by atoms with E-state index in [4.69, 9.17) is 0 Å². The number of anilines is 6. The van der Waals surface area contributed by atoms with Crippen LogP contribution in [0.5, 0.6) is 0 Å². The monoisotopic (exact) mass is 1440 g/mol. The van der Waals surface area contributed by atoms with E-state index in [0.29, 0.717) is 0 Å². The first-order valence-corrected chi connectivity index (χ1v) is 39.7. The van der Waals surface area contributed by atoms with Crippen LogP contribution in [-0.2, 0) is 48.7 Å². The molecule has 2 aliphatic rings. The van der Waals surface area contributed by atoms with E-state index in [-0.39, 0.29) is 49.1 Å². The second-order valence-corrected chi connectivity index (χ2v) is 37.7. The van der Waals surface area contributed by atoms with Gasteiger partial charge in [-0.1, -0.05) is 351 Å². The molecule has 554 valence electrons. The summed E-state index contributed by atoms with van der Waals surface area (Å²) in [5, 5.41) is 0. The first-order valence-electron chi connectivity index (χ1n) is 39.7. The van der Waals surface area contributed by atoms with E-state index in [1.807, 2.05) is 6.07 Å². The van der Waals surface area contributed by atoms with Crippen LogP contribution in [0.25, 0.3) is 55.6 Å². The van der Waals surface area contributed by atoms with E-state index in [0.717, 1.165) is 56.4 Å². The van der Waals surface area contributed by atoms with E-state index in [1.54, 1.807) is 12.1 Å². The summed E-state index contributed by atoms with van der Waals surface area (Å²) in [4.78, 5) is 4.80. The van der Waals surface area contributed by atoms with Crippen molar-refractivity contribution in [2.75, 3.05) is 9.80 Å². The number of hydrogen-bond donors (Lipinski definition) is 0. The quantitative estimate of drug-likeness (QED) is 0.101. The maximum absolute atomic E-state index is 14.4. The molecule has 2 nitrogen and oxygen atoms in total. The van der Waals surface area contributed by atoms with Crippen molar-refractivity contribution < 1.29 is 4.39 Å².